The standard InChI is InChI=1S/C76H142O6/c1-4-7-10-13-16-19-22-25-28-30-31-32-33-34-35-36-37-38-39-40-41-42-43-44-46-48-51-54-57-60-63-66-69-75(78)81-72-73(71-80-74(77)68-65-62-59-56-53-50-47-27-24-21-18-15-12-9-6-3)82-76(79)70-67-64-61-58-55-52-49-45-29-26-23-20-17-14-11-8-5-2/h18,21,26-27,29,47,73H,4-17,19-20,22-25,28,30-46,48-72H2,1-3H3/b21-18-,29-26-,47-27-. The Balaban J connectivity index is 4.14. The molecule has 0 heterocycles. The van der Waals surface area contributed by atoms with Crippen LogP contribution < -0.4 is 0 Å². The van der Waals surface area contributed by atoms with Crippen molar-refractivity contribution in [1.82, 2.24) is 0 Å². The van der Waals surface area contributed by atoms with Gasteiger partial charge in [0.1, 0.15) is 13.2 Å². The van der Waals surface area contributed by atoms with E-state index in [1.54, 1.807) is 0 Å². The van der Waals surface area contributed by atoms with Crippen molar-refractivity contribution in [3.63, 3.8) is 0 Å². The number of carbonyl (C=O) groups is 3. The van der Waals surface area contributed by atoms with Crippen LogP contribution in [0.3, 0.4) is 0 Å². The number of rotatable bonds is 69. The number of unbranched alkanes of at least 4 members (excludes halogenated alkanes) is 52. The highest BCUT2D eigenvalue weighted by Gasteiger charge is 2.19. The first kappa shape index (κ1) is 79.6. The maximum Gasteiger partial charge on any atom is 0.306 e. The summed E-state index contributed by atoms with van der Waals surface area (Å²) in [7, 11) is 0. The van der Waals surface area contributed by atoms with Gasteiger partial charge in [0.05, 0.1) is 0 Å². The average Bonchev–Trinajstić information content (AvgIpc) is 3.48. The fourth-order valence-corrected chi connectivity index (χ4v) is 11.3. The van der Waals surface area contributed by atoms with Crippen LogP contribution in [0, 0.1) is 0 Å². The molecule has 482 valence electrons. The van der Waals surface area contributed by atoms with E-state index >= 15 is 0 Å². The highest BCUT2D eigenvalue weighted by molar-refractivity contribution is 5.71. The van der Waals surface area contributed by atoms with E-state index in [-0.39, 0.29) is 31.1 Å². The average molecular weight is 1150 g/mol. The molecule has 6 heteroatoms. The lowest BCUT2D eigenvalue weighted by Gasteiger charge is -2.18. The van der Waals surface area contributed by atoms with Gasteiger partial charge in [-0.25, -0.2) is 0 Å². The zero-order chi connectivity index (χ0) is 59.2. The lowest BCUT2D eigenvalue weighted by molar-refractivity contribution is -0.167. The van der Waals surface area contributed by atoms with Crippen molar-refractivity contribution >= 4 is 17.9 Å². The van der Waals surface area contributed by atoms with Crippen LogP contribution in [-0.4, -0.2) is 37.2 Å². The van der Waals surface area contributed by atoms with Gasteiger partial charge in [-0.1, -0.05) is 353 Å². The second kappa shape index (κ2) is 71.1. The predicted molar refractivity (Wildman–Crippen MR) is 358 cm³/mol. The molecule has 0 aliphatic rings. The first-order valence-electron chi connectivity index (χ1n) is 37.0. The van der Waals surface area contributed by atoms with Gasteiger partial charge in [0, 0.05) is 19.3 Å². The number of esters is 3. The van der Waals surface area contributed by atoms with Gasteiger partial charge < -0.3 is 14.2 Å². The van der Waals surface area contributed by atoms with E-state index < -0.39 is 6.10 Å². The molecule has 0 aromatic rings. The Labute approximate surface area is 512 Å². The van der Waals surface area contributed by atoms with Crippen molar-refractivity contribution in [2.75, 3.05) is 13.2 Å². The summed E-state index contributed by atoms with van der Waals surface area (Å²) in [6.45, 7) is 6.67. The molecule has 0 amide bonds. The minimum atomic E-state index is -0.780. The third-order valence-corrected chi connectivity index (χ3v) is 16.9. The van der Waals surface area contributed by atoms with Gasteiger partial charge >= 0.3 is 17.9 Å². The third kappa shape index (κ3) is 68.4. The summed E-state index contributed by atoms with van der Waals surface area (Å²) >= 11 is 0. The SMILES string of the molecule is CCCCC/C=C\C/C=C\CCCCCCCC(=O)OCC(COC(=O)CCCCCCCCCCCCCCCCCCCCCCCCCCCCCCCCCC)OC(=O)CCCCCCCCC/C=C\CCCCCCCC. The number of hydrogen-bond acceptors (Lipinski definition) is 6. The quantitative estimate of drug-likeness (QED) is 0.0261. The van der Waals surface area contributed by atoms with Crippen LogP contribution in [0.15, 0.2) is 36.5 Å². The first-order valence-corrected chi connectivity index (χ1v) is 37.0. The number of allylic oxidation sites excluding steroid dienone is 6. The molecular formula is C76H142O6. The number of ether oxygens (including phenoxy) is 3. The Hall–Kier alpha value is -2.37. The summed E-state index contributed by atoms with van der Waals surface area (Å²) in [5.41, 5.74) is 0. The molecule has 0 spiro atoms. The van der Waals surface area contributed by atoms with E-state index in [0.29, 0.717) is 19.3 Å². The van der Waals surface area contributed by atoms with Crippen LogP contribution in [0.25, 0.3) is 0 Å². The van der Waals surface area contributed by atoms with E-state index in [0.717, 1.165) is 77.0 Å². The van der Waals surface area contributed by atoms with Crippen LogP contribution in [0.5, 0.6) is 0 Å². The first-order chi connectivity index (χ1) is 40.5. The van der Waals surface area contributed by atoms with Crippen LogP contribution in [0.1, 0.15) is 412 Å². The molecular weight excluding hydrogens is 1010 g/mol. The molecule has 0 N–H and O–H groups in total. The Morgan fingerprint density at radius 1 is 0.244 bits per heavy atom. The van der Waals surface area contributed by atoms with Crippen molar-refractivity contribution in [1.29, 1.82) is 0 Å². The molecule has 0 aromatic heterocycles. The van der Waals surface area contributed by atoms with E-state index in [1.165, 1.54) is 295 Å². The van der Waals surface area contributed by atoms with Crippen molar-refractivity contribution in [3.8, 4) is 0 Å². The van der Waals surface area contributed by atoms with E-state index in [2.05, 4.69) is 57.2 Å². The molecule has 0 bridgehead atoms. The lowest BCUT2D eigenvalue weighted by atomic mass is 10.0. The van der Waals surface area contributed by atoms with Gasteiger partial charge in [-0.3, -0.25) is 14.4 Å². The molecule has 1 atom stereocenters. The van der Waals surface area contributed by atoms with Gasteiger partial charge in [-0.2, -0.15) is 0 Å². The van der Waals surface area contributed by atoms with E-state index in [1.807, 2.05) is 0 Å². The number of hydrogen-bond donors (Lipinski definition) is 0. The topological polar surface area (TPSA) is 78.9 Å². The Morgan fingerprint density at radius 2 is 0.439 bits per heavy atom. The van der Waals surface area contributed by atoms with Crippen molar-refractivity contribution in [2.45, 2.75) is 419 Å². The second-order valence-corrected chi connectivity index (χ2v) is 25.2. The van der Waals surface area contributed by atoms with Crippen LogP contribution in [0.4, 0.5) is 0 Å². The summed E-state index contributed by atoms with van der Waals surface area (Å²) in [5.74, 6) is -0.865. The summed E-state index contributed by atoms with van der Waals surface area (Å²) < 4.78 is 17.0. The molecule has 0 aromatic carbocycles. The maximum absolute atomic E-state index is 12.9. The molecule has 0 radical (unpaired) electrons. The van der Waals surface area contributed by atoms with Gasteiger partial charge in [0.25, 0.3) is 0 Å². The summed E-state index contributed by atoms with van der Waals surface area (Å²) in [4.78, 5) is 38.4. The summed E-state index contributed by atoms with van der Waals surface area (Å²) in [5, 5.41) is 0. The van der Waals surface area contributed by atoms with Crippen LogP contribution in [0.2, 0.25) is 0 Å². The molecule has 82 heavy (non-hydrogen) atoms. The van der Waals surface area contributed by atoms with Gasteiger partial charge in [0.15, 0.2) is 6.10 Å². The third-order valence-electron chi connectivity index (χ3n) is 16.9. The van der Waals surface area contributed by atoms with Gasteiger partial charge in [-0.15, -0.1) is 0 Å². The highest BCUT2D eigenvalue weighted by atomic mass is 16.6. The minimum Gasteiger partial charge on any atom is -0.462 e. The smallest absolute Gasteiger partial charge is 0.306 e. The largest absolute Gasteiger partial charge is 0.462 e. The van der Waals surface area contributed by atoms with Crippen molar-refractivity contribution in [3.05, 3.63) is 36.5 Å². The molecule has 0 rings (SSSR count). The fourth-order valence-electron chi connectivity index (χ4n) is 11.3. The molecule has 0 aliphatic carbocycles. The Kier molecular flexibility index (Phi) is 69.1. The van der Waals surface area contributed by atoms with E-state index in [9.17, 15) is 14.4 Å². The second-order valence-electron chi connectivity index (χ2n) is 25.2. The highest BCUT2D eigenvalue weighted by Crippen LogP contribution is 2.19. The van der Waals surface area contributed by atoms with Crippen LogP contribution in [-0.2, 0) is 28.6 Å². The monoisotopic (exact) mass is 1150 g/mol. The summed E-state index contributed by atoms with van der Waals surface area (Å²) in [6.07, 6.45) is 89.1. The van der Waals surface area contributed by atoms with Gasteiger partial charge in [0.2, 0.25) is 0 Å². The molecule has 0 saturated carbocycles. The zero-order valence-corrected chi connectivity index (χ0v) is 55.5. The molecule has 0 saturated heterocycles. The lowest BCUT2D eigenvalue weighted by Crippen LogP contribution is -2.30. The van der Waals surface area contributed by atoms with Crippen molar-refractivity contribution in [2.24, 2.45) is 0 Å². The maximum atomic E-state index is 12.9. The zero-order valence-electron chi connectivity index (χ0n) is 55.5. The summed E-state index contributed by atoms with van der Waals surface area (Å²) in [6, 6.07) is 0. The predicted octanol–water partition coefficient (Wildman–Crippen LogP) is 25.5. The fraction of sp³-hybridized carbons (Fsp3) is 0.882. The molecule has 6 nitrogen and oxygen atoms in total. The van der Waals surface area contributed by atoms with E-state index in [4.69, 9.17) is 14.2 Å². The molecule has 0 aliphatic heterocycles. The Morgan fingerprint density at radius 3 is 0.707 bits per heavy atom. The van der Waals surface area contributed by atoms with Crippen molar-refractivity contribution < 1.29 is 28.6 Å². The normalized spacial score (nSPS) is 12.2. The number of carbonyl (C=O) groups excluding carboxylic acids is 3. The van der Waals surface area contributed by atoms with Gasteiger partial charge in [-0.05, 0) is 77.0 Å². The molecule has 0 fully saturated rings. The molecule has 1 unspecified atom stereocenters. The van der Waals surface area contributed by atoms with Crippen LogP contribution >= 0.6 is 0 Å². The minimum absolute atomic E-state index is 0.0740. The Bertz CT molecular complexity index is 1370.